The van der Waals surface area contributed by atoms with Crippen molar-refractivity contribution in [3.05, 3.63) is 0 Å². The van der Waals surface area contributed by atoms with Gasteiger partial charge in [0.1, 0.15) is 5.60 Å². The zero-order chi connectivity index (χ0) is 17.9. The molecule has 0 radical (unpaired) electrons. The lowest BCUT2D eigenvalue weighted by Crippen LogP contribution is -2.51. The lowest BCUT2D eigenvalue weighted by Gasteiger charge is -2.40. The van der Waals surface area contributed by atoms with Gasteiger partial charge in [-0.05, 0) is 71.1 Å². The third kappa shape index (κ3) is 5.65. The minimum absolute atomic E-state index is 0.154. The third-order valence-electron chi connectivity index (χ3n) is 5.75. The zero-order valence-electron chi connectivity index (χ0n) is 16.6. The van der Waals surface area contributed by atoms with Gasteiger partial charge < -0.3 is 15.0 Å². The molecule has 4 nitrogen and oxygen atoms in total. The summed E-state index contributed by atoms with van der Waals surface area (Å²) >= 11 is 0. The molecule has 5 unspecified atom stereocenters. The van der Waals surface area contributed by atoms with Crippen molar-refractivity contribution in [1.82, 2.24) is 10.2 Å². The van der Waals surface area contributed by atoms with Crippen LogP contribution < -0.4 is 5.32 Å². The monoisotopic (exact) mass is 338 g/mol. The van der Waals surface area contributed by atoms with E-state index < -0.39 is 5.60 Å². The minimum Gasteiger partial charge on any atom is -0.444 e. The van der Waals surface area contributed by atoms with Crippen LogP contribution in [0.5, 0.6) is 0 Å². The van der Waals surface area contributed by atoms with Gasteiger partial charge in [0.05, 0.1) is 0 Å². The predicted molar refractivity (Wildman–Crippen MR) is 99.1 cm³/mol. The van der Waals surface area contributed by atoms with Crippen molar-refractivity contribution in [2.24, 2.45) is 17.8 Å². The minimum atomic E-state index is -0.415. The second-order valence-corrected chi connectivity index (χ2v) is 9.29. The number of nitrogens with one attached hydrogen (secondary N) is 1. The van der Waals surface area contributed by atoms with Crippen LogP contribution in [0.4, 0.5) is 4.79 Å². The Morgan fingerprint density at radius 2 is 1.92 bits per heavy atom. The SMILES string of the molecule is CC1CCC(C)C(NC(C)C2CCCN(C(=O)OC(C)(C)C)C2)C1. The molecule has 0 aromatic carbocycles. The van der Waals surface area contributed by atoms with Crippen LogP contribution in [0.3, 0.4) is 0 Å². The molecular weight excluding hydrogens is 300 g/mol. The highest BCUT2D eigenvalue weighted by Gasteiger charge is 2.32. The highest BCUT2D eigenvalue weighted by atomic mass is 16.6. The second-order valence-electron chi connectivity index (χ2n) is 9.29. The Hall–Kier alpha value is -0.770. The van der Waals surface area contributed by atoms with E-state index in [9.17, 15) is 4.79 Å². The van der Waals surface area contributed by atoms with Crippen LogP contribution in [-0.4, -0.2) is 41.8 Å². The van der Waals surface area contributed by atoms with E-state index in [2.05, 4.69) is 26.1 Å². The molecule has 5 atom stereocenters. The molecule has 4 heteroatoms. The molecule has 1 saturated heterocycles. The quantitative estimate of drug-likeness (QED) is 0.827. The topological polar surface area (TPSA) is 41.6 Å². The second kappa shape index (κ2) is 8.07. The van der Waals surface area contributed by atoms with Gasteiger partial charge in [0, 0.05) is 25.2 Å². The first kappa shape index (κ1) is 19.6. The smallest absolute Gasteiger partial charge is 0.410 e. The van der Waals surface area contributed by atoms with Crippen LogP contribution in [0.2, 0.25) is 0 Å². The number of carbonyl (C=O) groups is 1. The van der Waals surface area contributed by atoms with Crippen LogP contribution in [0.15, 0.2) is 0 Å². The molecule has 140 valence electrons. The van der Waals surface area contributed by atoms with Crippen molar-refractivity contribution < 1.29 is 9.53 Å². The lowest BCUT2D eigenvalue weighted by molar-refractivity contribution is 0.0142. The van der Waals surface area contributed by atoms with Gasteiger partial charge in [-0.25, -0.2) is 4.79 Å². The summed E-state index contributed by atoms with van der Waals surface area (Å²) in [6.07, 6.45) is 6.10. The van der Waals surface area contributed by atoms with E-state index >= 15 is 0 Å². The maximum atomic E-state index is 12.4. The standard InChI is InChI=1S/C20H38N2O2/c1-14-9-10-15(2)18(12-14)21-16(3)17-8-7-11-22(13-17)19(23)24-20(4,5)6/h14-18,21H,7-13H2,1-6H3. The Balaban J connectivity index is 1.87. The summed E-state index contributed by atoms with van der Waals surface area (Å²) in [5.41, 5.74) is -0.415. The normalized spacial score (nSPS) is 33.2. The molecule has 2 rings (SSSR count). The van der Waals surface area contributed by atoms with E-state index in [4.69, 9.17) is 4.74 Å². The lowest BCUT2D eigenvalue weighted by atomic mass is 9.79. The van der Waals surface area contributed by atoms with Gasteiger partial charge in [-0.2, -0.15) is 0 Å². The fourth-order valence-electron chi connectivity index (χ4n) is 4.15. The Labute approximate surface area is 148 Å². The maximum Gasteiger partial charge on any atom is 0.410 e. The molecule has 0 spiro atoms. The number of nitrogens with zero attached hydrogens (tertiary/aromatic N) is 1. The fourth-order valence-corrected chi connectivity index (χ4v) is 4.15. The van der Waals surface area contributed by atoms with Crippen molar-refractivity contribution in [3.8, 4) is 0 Å². The summed E-state index contributed by atoms with van der Waals surface area (Å²) in [4.78, 5) is 14.3. The van der Waals surface area contributed by atoms with Crippen molar-refractivity contribution in [2.45, 2.75) is 91.3 Å². The molecule has 1 saturated carbocycles. The molecule has 2 aliphatic rings. The molecule has 1 aliphatic heterocycles. The van der Waals surface area contributed by atoms with Crippen LogP contribution in [0.25, 0.3) is 0 Å². The van der Waals surface area contributed by atoms with Gasteiger partial charge in [0.15, 0.2) is 0 Å². The number of piperidine rings is 1. The van der Waals surface area contributed by atoms with Crippen molar-refractivity contribution in [1.29, 1.82) is 0 Å². The molecule has 2 fully saturated rings. The highest BCUT2D eigenvalue weighted by molar-refractivity contribution is 5.68. The molecule has 1 heterocycles. The molecule has 0 bridgehead atoms. The van der Waals surface area contributed by atoms with Gasteiger partial charge in [-0.3, -0.25) is 0 Å². The molecule has 24 heavy (non-hydrogen) atoms. The largest absolute Gasteiger partial charge is 0.444 e. The van der Waals surface area contributed by atoms with Gasteiger partial charge in [-0.15, -0.1) is 0 Å². The van der Waals surface area contributed by atoms with E-state index in [1.807, 2.05) is 25.7 Å². The highest BCUT2D eigenvalue weighted by Crippen LogP contribution is 2.30. The van der Waals surface area contributed by atoms with Crippen LogP contribution in [-0.2, 0) is 4.74 Å². The summed E-state index contributed by atoms with van der Waals surface area (Å²) in [7, 11) is 0. The van der Waals surface area contributed by atoms with Crippen LogP contribution >= 0.6 is 0 Å². The van der Waals surface area contributed by atoms with E-state index in [1.54, 1.807) is 0 Å². The average Bonchev–Trinajstić information content (AvgIpc) is 2.49. The summed E-state index contributed by atoms with van der Waals surface area (Å²) in [6, 6.07) is 1.08. The number of hydrogen-bond acceptors (Lipinski definition) is 3. The van der Waals surface area contributed by atoms with Crippen molar-refractivity contribution in [2.75, 3.05) is 13.1 Å². The van der Waals surface area contributed by atoms with E-state index in [0.29, 0.717) is 18.0 Å². The predicted octanol–water partition coefficient (Wildman–Crippen LogP) is 4.44. The Kier molecular flexibility index (Phi) is 6.58. The first-order valence-corrected chi connectivity index (χ1v) is 9.89. The summed E-state index contributed by atoms with van der Waals surface area (Å²) in [5, 5.41) is 3.90. The Morgan fingerprint density at radius 3 is 2.58 bits per heavy atom. The molecule has 0 aromatic rings. The maximum absolute atomic E-state index is 12.4. The fraction of sp³-hybridized carbons (Fsp3) is 0.950. The number of likely N-dealkylation sites (tertiary alicyclic amines) is 1. The first-order valence-electron chi connectivity index (χ1n) is 9.89. The van der Waals surface area contributed by atoms with Gasteiger partial charge >= 0.3 is 6.09 Å². The summed E-state index contributed by atoms with van der Waals surface area (Å²) in [6.45, 7) is 14.5. The first-order chi connectivity index (χ1) is 11.2. The van der Waals surface area contributed by atoms with Gasteiger partial charge in [0.2, 0.25) is 0 Å². The Bertz CT molecular complexity index is 418. The number of ether oxygens (including phenoxy) is 1. The number of hydrogen-bond donors (Lipinski definition) is 1. The number of amides is 1. The summed E-state index contributed by atoms with van der Waals surface area (Å²) < 4.78 is 5.55. The van der Waals surface area contributed by atoms with E-state index in [1.165, 1.54) is 25.7 Å². The number of rotatable bonds is 3. The molecule has 1 amide bonds. The molecular formula is C20H38N2O2. The van der Waals surface area contributed by atoms with E-state index in [-0.39, 0.29) is 6.09 Å². The Morgan fingerprint density at radius 1 is 1.21 bits per heavy atom. The van der Waals surface area contributed by atoms with Crippen LogP contribution in [0, 0.1) is 17.8 Å². The van der Waals surface area contributed by atoms with Crippen molar-refractivity contribution in [3.63, 3.8) is 0 Å². The average molecular weight is 339 g/mol. The number of carbonyl (C=O) groups excluding carboxylic acids is 1. The van der Waals surface area contributed by atoms with E-state index in [0.717, 1.165) is 31.3 Å². The van der Waals surface area contributed by atoms with Crippen molar-refractivity contribution >= 4 is 6.09 Å². The summed E-state index contributed by atoms with van der Waals surface area (Å²) in [5.74, 6) is 2.11. The molecule has 0 aromatic heterocycles. The molecule has 1 N–H and O–H groups in total. The zero-order valence-corrected chi connectivity index (χ0v) is 16.6. The van der Waals surface area contributed by atoms with Crippen LogP contribution in [0.1, 0.15) is 73.6 Å². The van der Waals surface area contributed by atoms with Gasteiger partial charge in [-0.1, -0.05) is 20.3 Å². The van der Waals surface area contributed by atoms with Gasteiger partial charge in [0.25, 0.3) is 0 Å². The third-order valence-corrected chi connectivity index (χ3v) is 5.75. The molecule has 1 aliphatic carbocycles.